The summed E-state index contributed by atoms with van der Waals surface area (Å²) in [5.74, 6) is -2.55. The Kier molecular flexibility index (Phi) is 5.68. The third-order valence-electron chi connectivity index (χ3n) is 2.52. The first-order valence-corrected chi connectivity index (χ1v) is 7.55. The summed E-state index contributed by atoms with van der Waals surface area (Å²) in [7, 11) is -3.58. The van der Waals surface area contributed by atoms with Gasteiger partial charge in [-0.05, 0) is 24.3 Å². The first kappa shape index (κ1) is 16.9. The van der Waals surface area contributed by atoms with Crippen molar-refractivity contribution in [2.45, 2.75) is 24.3 Å². The van der Waals surface area contributed by atoms with Crippen LogP contribution in [0.15, 0.2) is 29.2 Å². The molecule has 0 amide bonds. The van der Waals surface area contributed by atoms with Gasteiger partial charge in [-0.25, -0.2) is 17.9 Å². The number of sulfonamides is 1. The van der Waals surface area contributed by atoms with E-state index in [1.807, 2.05) is 0 Å². The number of hydrogen-bond donors (Lipinski definition) is 4. The van der Waals surface area contributed by atoms with Gasteiger partial charge in [-0.15, -0.1) is 0 Å². The van der Waals surface area contributed by atoms with E-state index in [2.05, 4.69) is 10.0 Å². The van der Waals surface area contributed by atoms with Gasteiger partial charge in [0.05, 0.1) is 11.3 Å². The molecule has 1 aromatic rings. The molecule has 4 N–H and O–H groups in total. The standard InChI is InChI=1S/C12H16N2O6S/c1-2-13-21(19,20)9-5-3-8(4-6-9)14-10(12(17)18)7-11(15)16/h3-6,10,13-14H,2,7H2,1H3,(H,15,16)(H,17,18). The van der Waals surface area contributed by atoms with Crippen molar-refractivity contribution in [2.24, 2.45) is 0 Å². The van der Waals surface area contributed by atoms with Crippen LogP contribution in [0.5, 0.6) is 0 Å². The van der Waals surface area contributed by atoms with Crippen molar-refractivity contribution in [1.29, 1.82) is 0 Å². The Labute approximate surface area is 121 Å². The van der Waals surface area contributed by atoms with Gasteiger partial charge in [-0.1, -0.05) is 6.92 Å². The third-order valence-corrected chi connectivity index (χ3v) is 4.08. The van der Waals surface area contributed by atoms with E-state index in [4.69, 9.17) is 10.2 Å². The molecule has 0 bridgehead atoms. The van der Waals surface area contributed by atoms with Crippen LogP contribution in [0.3, 0.4) is 0 Å². The van der Waals surface area contributed by atoms with Gasteiger partial charge in [-0.2, -0.15) is 0 Å². The molecule has 8 nitrogen and oxygen atoms in total. The van der Waals surface area contributed by atoms with Crippen molar-refractivity contribution in [1.82, 2.24) is 4.72 Å². The van der Waals surface area contributed by atoms with E-state index in [-0.39, 0.29) is 11.4 Å². The normalized spacial score (nSPS) is 12.6. The second kappa shape index (κ2) is 7.04. The number of carboxylic acids is 2. The number of rotatable bonds is 8. The SMILES string of the molecule is CCNS(=O)(=O)c1ccc(NC(CC(=O)O)C(=O)O)cc1. The highest BCUT2D eigenvalue weighted by Gasteiger charge is 2.21. The molecular formula is C12H16N2O6S. The Morgan fingerprint density at radius 1 is 1.19 bits per heavy atom. The van der Waals surface area contributed by atoms with Crippen LogP contribution in [-0.4, -0.2) is 43.2 Å². The Bertz CT molecular complexity index is 611. The topological polar surface area (TPSA) is 133 Å². The van der Waals surface area contributed by atoms with Crippen LogP contribution in [0.25, 0.3) is 0 Å². The number of anilines is 1. The van der Waals surface area contributed by atoms with Crippen molar-refractivity contribution >= 4 is 27.6 Å². The summed E-state index contributed by atoms with van der Waals surface area (Å²) in [5.41, 5.74) is 0.319. The van der Waals surface area contributed by atoms with Gasteiger partial charge in [0.2, 0.25) is 10.0 Å². The second-order valence-corrected chi connectivity index (χ2v) is 5.93. The molecule has 0 aromatic heterocycles. The molecule has 9 heteroatoms. The Hall–Kier alpha value is -2.13. The molecule has 116 valence electrons. The summed E-state index contributed by atoms with van der Waals surface area (Å²) in [5, 5.41) is 20.1. The van der Waals surface area contributed by atoms with Crippen molar-refractivity contribution < 1.29 is 28.2 Å². The predicted molar refractivity (Wildman–Crippen MR) is 74.6 cm³/mol. The fraction of sp³-hybridized carbons (Fsp3) is 0.333. The average Bonchev–Trinajstić information content (AvgIpc) is 2.38. The summed E-state index contributed by atoms with van der Waals surface area (Å²) in [6.07, 6.45) is -0.591. The summed E-state index contributed by atoms with van der Waals surface area (Å²) in [6.45, 7) is 1.90. The van der Waals surface area contributed by atoms with Crippen LogP contribution >= 0.6 is 0 Å². The zero-order valence-electron chi connectivity index (χ0n) is 11.2. The highest BCUT2D eigenvalue weighted by atomic mass is 32.2. The van der Waals surface area contributed by atoms with Crippen LogP contribution in [0, 0.1) is 0 Å². The summed E-state index contributed by atoms with van der Waals surface area (Å²) in [6, 6.07) is 4.07. The van der Waals surface area contributed by atoms with Crippen molar-refractivity contribution in [3.8, 4) is 0 Å². The lowest BCUT2D eigenvalue weighted by molar-refractivity contribution is -0.144. The number of benzene rings is 1. The van der Waals surface area contributed by atoms with Gasteiger partial charge in [0.25, 0.3) is 0 Å². The first-order chi connectivity index (χ1) is 9.76. The van der Waals surface area contributed by atoms with Gasteiger partial charge >= 0.3 is 11.9 Å². The van der Waals surface area contributed by atoms with E-state index in [1.165, 1.54) is 24.3 Å². The molecule has 0 heterocycles. The molecule has 0 aliphatic carbocycles. The first-order valence-electron chi connectivity index (χ1n) is 6.07. The highest BCUT2D eigenvalue weighted by Crippen LogP contribution is 2.15. The smallest absolute Gasteiger partial charge is 0.326 e. The molecule has 0 spiro atoms. The lowest BCUT2D eigenvalue weighted by Crippen LogP contribution is -2.31. The number of aliphatic carboxylic acids is 2. The minimum atomic E-state index is -3.58. The van der Waals surface area contributed by atoms with Gasteiger partial charge in [0, 0.05) is 12.2 Å². The molecule has 0 aliphatic heterocycles. The molecule has 1 rings (SSSR count). The fourth-order valence-corrected chi connectivity index (χ4v) is 2.62. The Morgan fingerprint density at radius 3 is 2.19 bits per heavy atom. The minimum Gasteiger partial charge on any atom is -0.481 e. The Balaban J connectivity index is 2.87. The van der Waals surface area contributed by atoms with Gasteiger partial charge < -0.3 is 15.5 Å². The third kappa shape index (κ3) is 5.04. The second-order valence-electron chi connectivity index (χ2n) is 4.16. The maximum atomic E-state index is 11.7. The van der Waals surface area contributed by atoms with E-state index in [0.717, 1.165) is 0 Å². The molecule has 0 radical (unpaired) electrons. The van der Waals surface area contributed by atoms with E-state index in [1.54, 1.807) is 6.92 Å². The molecule has 0 aliphatic rings. The van der Waals surface area contributed by atoms with E-state index < -0.39 is 34.4 Å². The van der Waals surface area contributed by atoms with Gasteiger partial charge in [0.15, 0.2) is 0 Å². The molecule has 1 aromatic carbocycles. The van der Waals surface area contributed by atoms with Crippen molar-refractivity contribution in [3.63, 3.8) is 0 Å². The summed E-state index contributed by atoms with van der Waals surface area (Å²) < 4.78 is 25.8. The summed E-state index contributed by atoms with van der Waals surface area (Å²) in [4.78, 5) is 21.5. The van der Waals surface area contributed by atoms with Crippen LogP contribution in [0.1, 0.15) is 13.3 Å². The van der Waals surface area contributed by atoms with Gasteiger partial charge in [0.1, 0.15) is 6.04 Å². The van der Waals surface area contributed by atoms with Crippen LogP contribution in [0.2, 0.25) is 0 Å². The van der Waals surface area contributed by atoms with Crippen LogP contribution in [-0.2, 0) is 19.6 Å². The monoisotopic (exact) mass is 316 g/mol. The number of carbonyl (C=O) groups is 2. The van der Waals surface area contributed by atoms with Gasteiger partial charge in [-0.3, -0.25) is 4.79 Å². The minimum absolute atomic E-state index is 0.0417. The van der Waals surface area contributed by atoms with E-state index in [0.29, 0.717) is 5.69 Å². The van der Waals surface area contributed by atoms with Crippen molar-refractivity contribution in [2.75, 3.05) is 11.9 Å². The molecule has 21 heavy (non-hydrogen) atoms. The number of hydrogen-bond acceptors (Lipinski definition) is 5. The maximum Gasteiger partial charge on any atom is 0.326 e. The van der Waals surface area contributed by atoms with Crippen LogP contribution in [0.4, 0.5) is 5.69 Å². The van der Waals surface area contributed by atoms with Crippen LogP contribution < -0.4 is 10.0 Å². The fourth-order valence-electron chi connectivity index (χ4n) is 1.58. The molecule has 1 unspecified atom stereocenters. The molecule has 1 atom stereocenters. The average molecular weight is 316 g/mol. The van der Waals surface area contributed by atoms with Crippen molar-refractivity contribution in [3.05, 3.63) is 24.3 Å². The zero-order chi connectivity index (χ0) is 16.0. The number of nitrogens with one attached hydrogen (secondary N) is 2. The quantitative estimate of drug-likeness (QED) is 0.543. The highest BCUT2D eigenvalue weighted by molar-refractivity contribution is 7.89. The molecule has 0 fully saturated rings. The molecule has 0 saturated heterocycles. The number of carboxylic acid groups (broad SMARTS) is 2. The molecule has 0 saturated carbocycles. The maximum absolute atomic E-state index is 11.7. The lowest BCUT2D eigenvalue weighted by atomic mass is 10.2. The molecular weight excluding hydrogens is 300 g/mol. The van der Waals surface area contributed by atoms with E-state index >= 15 is 0 Å². The van der Waals surface area contributed by atoms with E-state index in [9.17, 15) is 18.0 Å². The Morgan fingerprint density at radius 2 is 1.76 bits per heavy atom. The summed E-state index contributed by atoms with van der Waals surface area (Å²) >= 11 is 0. The lowest BCUT2D eigenvalue weighted by Gasteiger charge is -2.14. The predicted octanol–water partition coefficient (Wildman–Crippen LogP) is 0.325. The zero-order valence-corrected chi connectivity index (χ0v) is 12.1. The largest absolute Gasteiger partial charge is 0.481 e.